The zero-order chi connectivity index (χ0) is 19.8. The molecule has 29 heavy (non-hydrogen) atoms. The van der Waals surface area contributed by atoms with Crippen LogP contribution in [0.3, 0.4) is 0 Å². The van der Waals surface area contributed by atoms with E-state index in [4.69, 9.17) is 4.98 Å². The van der Waals surface area contributed by atoms with Gasteiger partial charge in [-0.05, 0) is 26.0 Å². The predicted molar refractivity (Wildman–Crippen MR) is 111 cm³/mol. The molecule has 0 aliphatic carbocycles. The number of hydrogen-bond donors (Lipinski definition) is 0. The van der Waals surface area contributed by atoms with Crippen LogP contribution in [0.1, 0.15) is 17.1 Å². The van der Waals surface area contributed by atoms with Crippen LogP contribution in [-0.4, -0.2) is 36.3 Å². The van der Waals surface area contributed by atoms with Crippen molar-refractivity contribution in [1.29, 1.82) is 0 Å². The number of anilines is 1. The normalized spacial score (nSPS) is 13.4. The first kappa shape index (κ1) is 17.5. The second kappa shape index (κ2) is 7.09. The van der Waals surface area contributed by atoms with Crippen molar-refractivity contribution in [2.75, 3.05) is 11.4 Å². The van der Waals surface area contributed by atoms with E-state index in [1.165, 1.54) is 0 Å². The van der Waals surface area contributed by atoms with Crippen LogP contribution in [0, 0.1) is 13.8 Å². The largest absolute Gasteiger partial charge is 0.347 e. The Hall–Kier alpha value is -3.61. The molecule has 0 amide bonds. The van der Waals surface area contributed by atoms with Gasteiger partial charge in [-0.1, -0.05) is 36.4 Å². The third-order valence-corrected chi connectivity index (χ3v) is 5.34. The number of fused-ring (bicyclic) bond motifs is 1. The number of rotatable bonds is 3. The van der Waals surface area contributed by atoms with E-state index in [1.54, 1.807) is 6.20 Å². The summed E-state index contributed by atoms with van der Waals surface area (Å²) in [5.74, 6) is 3.46. The molecular formula is C22H21N7. The minimum Gasteiger partial charge on any atom is -0.347 e. The van der Waals surface area contributed by atoms with E-state index in [-0.39, 0.29) is 0 Å². The van der Waals surface area contributed by atoms with Crippen molar-refractivity contribution >= 4 is 5.82 Å². The van der Waals surface area contributed by atoms with Gasteiger partial charge < -0.3 is 9.47 Å². The van der Waals surface area contributed by atoms with E-state index in [9.17, 15) is 0 Å². The van der Waals surface area contributed by atoms with Crippen molar-refractivity contribution < 1.29 is 0 Å². The summed E-state index contributed by atoms with van der Waals surface area (Å²) in [6.45, 7) is 6.41. The average molecular weight is 383 g/mol. The van der Waals surface area contributed by atoms with Crippen LogP contribution >= 0.6 is 0 Å². The quantitative estimate of drug-likeness (QED) is 0.540. The molecule has 0 N–H and O–H groups in total. The second-order valence-electron chi connectivity index (χ2n) is 7.18. The first-order chi connectivity index (χ1) is 14.2. The van der Waals surface area contributed by atoms with E-state index < -0.39 is 0 Å². The number of aromatic nitrogens is 6. The topological polar surface area (TPSA) is 72.6 Å². The number of aryl methyl sites for hydroxylation is 1. The highest BCUT2D eigenvalue weighted by Crippen LogP contribution is 2.28. The van der Waals surface area contributed by atoms with Gasteiger partial charge in [0.05, 0.1) is 6.54 Å². The molecule has 0 unspecified atom stereocenters. The Labute approximate surface area is 169 Å². The lowest BCUT2D eigenvalue weighted by atomic mass is 10.2. The number of hydrogen-bond acceptors (Lipinski definition) is 6. The van der Waals surface area contributed by atoms with Crippen molar-refractivity contribution in [2.24, 2.45) is 0 Å². The van der Waals surface area contributed by atoms with Gasteiger partial charge in [-0.2, -0.15) is 0 Å². The molecule has 0 saturated heterocycles. The molecule has 4 aromatic rings. The average Bonchev–Trinajstić information content (AvgIpc) is 3.20. The maximum absolute atomic E-state index is 4.86. The van der Waals surface area contributed by atoms with Crippen LogP contribution in [0.15, 0.2) is 54.7 Å². The van der Waals surface area contributed by atoms with Crippen LogP contribution in [0.5, 0.6) is 0 Å². The lowest BCUT2D eigenvalue weighted by molar-refractivity contribution is 0.558. The number of benzene rings is 1. The van der Waals surface area contributed by atoms with Gasteiger partial charge in [-0.15, -0.1) is 10.2 Å². The summed E-state index contributed by atoms with van der Waals surface area (Å²) < 4.78 is 2.20. The molecule has 1 aliphatic rings. The van der Waals surface area contributed by atoms with Gasteiger partial charge in [0.25, 0.3) is 0 Å². The Bertz CT molecular complexity index is 1150. The highest BCUT2D eigenvalue weighted by molar-refractivity contribution is 5.59. The minimum absolute atomic E-state index is 0.653. The third-order valence-electron chi connectivity index (χ3n) is 5.34. The van der Waals surface area contributed by atoms with Gasteiger partial charge in [0, 0.05) is 36.1 Å². The predicted octanol–water partition coefficient (Wildman–Crippen LogP) is 3.43. The summed E-state index contributed by atoms with van der Waals surface area (Å²) in [6.07, 6.45) is 1.77. The highest BCUT2D eigenvalue weighted by Gasteiger charge is 2.25. The molecule has 0 spiro atoms. The van der Waals surface area contributed by atoms with E-state index in [0.717, 1.165) is 53.1 Å². The molecule has 0 fully saturated rings. The first-order valence-corrected chi connectivity index (χ1v) is 9.70. The first-order valence-electron chi connectivity index (χ1n) is 9.70. The van der Waals surface area contributed by atoms with Gasteiger partial charge in [0.2, 0.25) is 0 Å². The second-order valence-corrected chi connectivity index (χ2v) is 7.18. The zero-order valence-electron chi connectivity index (χ0n) is 16.4. The van der Waals surface area contributed by atoms with Crippen LogP contribution in [0.4, 0.5) is 5.82 Å². The summed E-state index contributed by atoms with van der Waals surface area (Å²) >= 11 is 0. The third kappa shape index (κ3) is 3.14. The maximum atomic E-state index is 4.86. The molecule has 144 valence electrons. The van der Waals surface area contributed by atoms with Gasteiger partial charge in [-0.3, -0.25) is 4.98 Å². The molecule has 7 heteroatoms. The van der Waals surface area contributed by atoms with Crippen molar-refractivity contribution in [2.45, 2.75) is 26.9 Å². The van der Waals surface area contributed by atoms with Crippen LogP contribution in [-0.2, 0) is 13.1 Å². The molecule has 0 bridgehead atoms. The van der Waals surface area contributed by atoms with Crippen molar-refractivity contribution in [3.05, 3.63) is 71.8 Å². The molecule has 0 radical (unpaired) electrons. The van der Waals surface area contributed by atoms with Crippen LogP contribution < -0.4 is 4.90 Å². The summed E-state index contributed by atoms with van der Waals surface area (Å²) in [6, 6.07) is 16.0. The van der Waals surface area contributed by atoms with Gasteiger partial charge in [0.15, 0.2) is 17.5 Å². The highest BCUT2D eigenvalue weighted by atomic mass is 15.4. The lowest BCUT2D eigenvalue weighted by Crippen LogP contribution is -2.35. The Balaban J connectivity index is 1.50. The molecule has 0 saturated carbocycles. The minimum atomic E-state index is 0.653. The van der Waals surface area contributed by atoms with E-state index in [0.29, 0.717) is 12.4 Å². The van der Waals surface area contributed by atoms with Gasteiger partial charge >= 0.3 is 0 Å². The number of nitrogens with zero attached hydrogens (tertiary/aromatic N) is 7. The van der Waals surface area contributed by atoms with Gasteiger partial charge in [-0.25, -0.2) is 9.97 Å². The van der Waals surface area contributed by atoms with Crippen molar-refractivity contribution in [3.63, 3.8) is 0 Å². The van der Waals surface area contributed by atoms with Crippen molar-refractivity contribution in [3.8, 4) is 22.9 Å². The molecular weight excluding hydrogens is 362 g/mol. The van der Waals surface area contributed by atoms with E-state index in [2.05, 4.69) is 48.7 Å². The molecule has 5 rings (SSSR count). The smallest absolute Gasteiger partial charge is 0.180 e. The molecule has 3 aromatic heterocycles. The monoisotopic (exact) mass is 383 g/mol. The number of pyridine rings is 1. The Morgan fingerprint density at radius 3 is 2.48 bits per heavy atom. The van der Waals surface area contributed by atoms with E-state index >= 15 is 0 Å². The fourth-order valence-electron chi connectivity index (χ4n) is 3.67. The molecule has 1 aromatic carbocycles. The SMILES string of the molecule is Cc1nc(-c2ccccn2)nc(N2CCn3c(nnc3-c3ccccc3)C2)c1C. The van der Waals surface area contributed by atoms with Crippen LogP contribution in [0.2, 0.25) is 0 Å². The molecule has 4 heterocycles. The Morgan fingerprint density at radius 1 is 0.862 bits per heavy atom. The standard InChI is InChI=1S/C22H21N7/c1-15-16(2)24-20(18-10-6-7-11-23-18)25-21(15)28-12-13-29-19(14-28)26-27-22(29)17-8-4-3-5-9-17/h3-11H,12-14H2,1-2H3. The van der Waals surface area contributed by atoms with Crippen LogP contribution in [0.25, 0.3) is 22.9 Å². The molecule has 7 nitrogen and oxygen atoms in total. The Kier molecular flexibility index (Phi) is 4.27. The summed E-state index contributed by atoms with van der Waals surface area (Å²) in [5.41, 5.74) is 3.92. The molecule has 1 aliphatic heterocycles. The van der Waals surface area contributed by atoms with E-state index in [1.807, 2.05) is 43.3 Å². The van der Waals surface area contributed by atoms with Crippen molar-refractivity contribution in [1.82, 2.24) is 29.7 Å². The lowest BCUT2D eigenvalue weighted by Gasteiger charge is -2.30. The molecule has 0 atom stereocenters. The summed E-state index contributed by atoms with van der Waals surface area (Å²) in [5, 5.41) is 8.90. The maximum Gasteiger partial charge on any atom is 0.180 e. The fourth-order valence-corrected chi connectivity index (χ4v) is 3.67. The fraction of sp³-hybridized carbons (Fsp3) is 0.227. The summed E-state index contributed by atoms with van der Waals surface area (Å²) in [4.78, 5) is 16.2. The Morgan fingerprint density at radius 2 is 1.69 bits per heavy atom. The summed E-state index contributed by atoms with van der Waals surface area (Å²) in [7, 11) is 0. The van der Waals surface area contributed by atoms with Gasteiger partial charge in [0.1, 0.15) is 11.5 Å². The zero-order valence-corrected chi connectivity index (χ0v) is 16.4.